The average Bonchev–Trinajstić information content (AvgIpc) is 3.01. The van der Waals surface area contributed by atoms with Crippen molar-refractivity contribution in [1.82, 2.24) is 24.9 Å². The number of carboxylic acids is 1. The van der Waals surface area contributed by atoms with E-state index in [2.05, 4.69) is 15.3 Å². The van der Waals surface area contributed by atoms with E-state index in [9.17, 15) is 9.59 Å². The van der Waals surface area contributed by atoms with Gasteiger partial charge in [-0.1, -0.05) is 30.3 Å². The molecule has 1 N–H and O–H groups in total. The number of pyridine rings is 1. The molecular weight excluding hydrogens is 334 g/mol. The molecule has 0 aliphatic heterocycles. The van der Waals surface area contributed by atoms with Crippen molar-refractivity contribution in [2.24, 2.45) is 5.92 Å². The number of para-hydroxylation sites is 1. The van der Waals surface area contributed by atoms with E-state index in [1.54, 1.807) is 31.8 Å². The maximum Gasteiger partial charge on any atom is 0.308 e. The number of carbonyl (C=O) groups excluding carboxylic acids is 1. The monoisotopic (exact) mass is 353 g/mol. The number of aliphatic carboxylic acids is 1. The molecule has 2 aromatic heterocycles. The van der Waals surface area contributed by atoms with Gasteiger partial charge in [-0.3, -0.25) is 14.6 Å². The van der Waals surface area contributed by atoms with E-state index in [4.69, 9.17) is 5.11 Å². The molecule has 0 aliphatic rings. The first-order valence-corrected chi connectivity index (χ1v) is 8.15. The summed E-state index contributed by atoms with van der Waals surface area (Å²) in [4.78, 5) is 29.4. The highest BCUT2D eigenvalue weighted by Gasteiger charge is 2.24. The lowest BCUT2D eigenvalue weighted by atomic mass is 10.1. The van der Waals surface area contributed by atoms with Gasteiger partial charge < -0.3 is 10.0 Å². The highest BCUT2D eigenvalue weighted by atomic mass is 16.4. The van der Waals surface area contributed by atoms with Gasteiger partial charge in [-0.25, -0.2) is 4.68 Å². The van der Waals surface area contributed by atoms with E-state index >= 15 is 0 Å². The second-order valence-electron chi connectivity index (χ2n) is 6.21. The van der Waals surface area contributed by atoms with Gasteiger partial charge >= 0.3 is 5.97 Å². The number of hydrogen-bond donors (Lipinski definition) is 1. The fraction of sp³-hybridized carbons (Fsp3) is 0.278. The van der Waals surface area contributed by atoms with Gasteiger partial charge in [0.1, 0.15) is 0 Å². The lowest BCUT2D eigenvalue weighted by molar-refractivity contribution is -0.141. The molecule has 134 valence electrons. The summed E-state index contributed by atoms with van der Waals surface area (Å²) in [6.45, 7) is 3.40. The molecule has 1 unspecified atom stereocenters. The molecule has 8 heteroatoms. The quantitative estimate of drug-likeness (QED) is 0.752. The summed E-state index contributed by atoms with van der Waals surface area (Å²) in [7, 11) is 1.56. The first-order valence-electron chi connectivity index (χ1n) is 8.15. The Morgan fingerprint density at radius 1 is 1.27 bits per heavy atom. The fourth-order valence-corrected chi connectivity index (χ4v) is 2.77. The number of rotatable bonds is 5. The van der Waals surface area contributed by atoms with Gasteiger partial charge in [0.2, 0.25) is 0 Å². The van der Waals surface area contributed by atoms with Crippen LogP contribution >= 0.6 is 0 Å². The summed E-state index contributed by atoms with van der Waals surface area (Å²) in [5, 5.41) is 18.1. The molecule has 8 nitrogen and oxygen atoms in total. The van der Waals surface area contributed by atoms with Crippen molar-refractivity contribution >= 4 is 22.8 Å². The third kappa shape index (κ3) is 3.13. The van der Waals surface area contributed by atoms with Crippen LogP contribution in [0.25, 0.3) is 16.6 Å². The molecule has 1 atom stereocenters. The smallest absolute Gasteiger partial charge is 0.308 e. The Morgan fingerprint density at radius 3 is 2.73 bits per heavy atom. The summed E-state index contributed by atoms with van der Waals surface area (Å²) < 4.78 is 1.58. The molecule has 2 heterocycles. The normalized spacial score (nSPS) is 12.1. The van der Waals surface area contributed by atoms with Crippen LogP contribution in [-0.4, -0.2) is 55.5 Å². The van der Waals surface area contributed by atoms with Crippen LogP contribution in [-0.2, 0) is 4.79 Å². The van der Waals surface area contributed by atoms with Crippen LogP contribution in [0, 0.1) is 12.8 Å². The standard InChI is InChI=1S/C18H19N5O3/c1-11(18(25)26)10-22(3)17(24)15-12(2)23(21-20-15)14-8-4-6-13-7-5-9-19-16(13)14/h4-9,11H,10H2,1-3H3,(H,25,26). The van der Waals surface area contributed by atoms with Crippen molar-refractivity contribution in [3.8, 4) is 5.69 Å². The molecule has 1 aromatic carbocycles. The van der Waals surface area contributed by atoms with Crippen molar-refractivity contribution in [3.05, 3.63) is 47.9 Å². The average molecular weight is 353 g/mol. The Labute approximate surface area is 150 Å². The maximum absolute atomic E-state index is 12.6. The Hall–Kier alpha value is -3.29. The first-order chi connectivity index (χ1) is 12.4. The molecule has 0 spiro atoms. The second-order valence-corrected chi connectivity index (χ2v) is 6.21. The minimum atomic E-state index is -0.952. The molecule has 0 fully saturated rings. The number of nitrogens with zero attached hydrogens (tertiary/aromatic N) is 5. The van der Waals surface area contributed by atoms with Crippen LogP contribution in [0.15, 0.2) is 36.5 Å². The molecule has 0 aliphatic carbocycles. The number of hydrogen-bond acceptors (Lipinski definition) is 5. The number of benzene rings is 1. The Morgan fingerprint density at radius 2 is 2.00 bits per heavy atom. The van der Waals surface area contributed by atoms with Gasteiger partial charge in [0, 0.05) is 25.2 Å². The van der Waals surface area contributed by atoms with E-state index in [1.165, 1.54) is 4.90 Å². The van der Waals surface area contributed by atoms with E-state index in [1.807, 2.05) is 30.3 Å². The molecule has 0 saturated heterocycles. The molecule has 0 bridgehead atoms. The molecule has 3 aromatic rings. The number of carbonyl (C=O) groups is 2. The van der Waals surface area contributed by atoms with Crippen LogP contribution in [0.3, 0.4) is 0 Å². The number of carboxylic acid groups (broad SMARTS) is 1. The van der Waals surface area contributed by atoms with E-state index in [0.29, 0.717) is 5.69 Å². The zero-order valence-corrected chi connectivity index (χ0v) is 14.7. The zero-order valence-electron chi connectivity index (χ0n) is 14.7. The van der Waals surface area contributed by atoms with E-state index in [0.717, 1.165) is 16.6 Å². The minimum Gasteiger partial charge on any atom is -0.481 e. The van der Waals surface area contributed by atoms with Crippen molar-refractivity contribution in [1.29, 1.82) is 0 Å². The Balaban J connectivity index is 1.95. The number of aromatic nitrogens is 4. The van der Waals surface area contributed by atoms with Crippen LogP contribution in [0.1, 0.15) is 23.1 Å². The SMILES string of the molecule is Cc1c(C(=O)N(C)CC(C)C(=O)O)nnn1-c1cccc2cccnc12. The number of fused-ring (bicyclic) bond motifs is 1. The molecule has 3 rings (SSSR count). The maximum atomic E-state index is 12.6. The Bertz CT molecular complexity index is 977. The van der Waals surface area contributed by atoms with Crippen LogP contribution < -0.4 is 0 Å². The summed E-state index contributed by atoms with van der Waals surface area (Å²) in [6.07, 6.45) is 1.70. The van der Waals surface area contributed by atoms with Gasteiger partial charge in [0.25, 0.3) is 5.91 Å². The van der Waals surface area contributed by atoms with Gasteiger partial charge in [0.05, 0.1) is 22.8 Å². The second kappa shape index (κ2) is 6.91. The van der Waals surface area contributed by atoms with E-state index in [-0.39, 0.29) is 18.1 Å². The van der Waals surface area contributed by atoms with Gasteiger partial charge in [-0.15, -0.1) is 5.10 Å². The summed E-state index contributed by atoms with van der Waals surface area (Å²) in [5.74, 6) is -1.98. The highest BCUT2D eigenvalue weighted by molar-refractivity contribution is 5.94. The molecule has 0 saturated carbocycles. The first kappa shape index (κ1) is 17.5. The molecule has 1 amide bonds. The molecule has 0 radical (unpaired) electrons. The third-order valence-corrected chi connectivity index (χ3v) is 4.25. The van der Waals surface area contributed by atoms with Crippen LogP contribution in [0.5, 0.6) is 0 Å². The summed E-state index contributed by atoms with van der Waals surface area (Å²) in [6, 6.07) is 9.51. The third-order valence-electron chi connectivity index (χ3n) is 4.25. The summed E-state index contributed by atoms with van der Waals surface area (Å²) >= 11 is 0. The van der Waals surface area contributed by atoms with Crippen molar-refractivity contribution < 1.29 is 14.7 Å². The van der Waals surface area contributed by atoms with Crippen molar-refractivity contribution in [2.75, 3.05) is 13.6 Å². The molecular formula is C18H19N5O3. The van der Waals surface area contributed by atoms with Crippen LogP contribution in [0.4, 0.5) is 0 Å². The minimum absolute atomic E-state index is 0.0935. The van der Waals surface area contributed by atoms with Crippen molar-refractivity contribution in [3.63, 3.8) is 0 Å². The molecule has 26 heavy (non-hydrogen) atoms. The largest absolute Gasteiger partial charge is 0.481 e. The fourth-order valence-electron chi connectivity index (χ4n) is 2.77. The summed E-state index contributed by atoms with van der Waals surface area (Å²) in [5.41, 5.74) is 2.25. The Kier molecular flexibility index (Phi) is 4.66. The van der Waals surface area contributed by atoms with Crippen LogP contribution in [0.2, 0.25) is 0 Å². The highest BCUT2D eigenvalue weighted by Crippen LogP contribution is 2.21. The van der Waals surface area contributed by atoms with Gasteiger partial charge in [-0.05, 0) is 19.1 Å². The van der Waals surface area contributed by atoms with Gasteiger partial charge in [-0.2, -0.15) is 0 Å². The topological polar surface area (TPSA) is 101 Å². The predicted molar refractivity (Wildman–Crippen MR) is 95.2 cm³/mol. The lowest BCUT2D eigenvalue weighted by Gasteiger charge is -2.18. The van der Waals surface area contributed by atoms with Gasteiger partial charge in [0.15, 0.2) is 5.69 Å². The zero-order chi connectivity index (χ0) is 18.8. The lowest BCUT2D eigenvalue weighted by Crippen LogP contribution is -2.34. The predicted octanol–water partition coefficient (Wildman–Crippen LogP) is 1.92. The van der Waals surface area contributed by atoms with Crippen molar-refractivity contribution in [2.45, 2.75) is 13.8 Å². The van der Waals surface area contributed by atoms with E-state index < -0.39 is 11.9 Å². The number of amides is 1.